The van der Waals surface area contributed by atoms with Crippen molar-refractivity contribution in [3.8, 4) is 0 Å². The van der Waals surface area contributed by atoms with E-state index in [1.54, 1.807) is 0 Å². The number of aliphatic hydroxyl groups excluding tert-OH is 2. The van der Waals surface area contributed by atoms with Crippen LogP contribution in [0.3, 0.4) is 0 Å². The Morgan fingerprint density at radius 2 is 0.875 bits per heavy atom. The minimum atomic E-state index is -2.27. The van der Waals surface area contributed by atoms with Crippen molar-refractivity contribution in [1.82, 2.24) is 0 Å². The van der Waals surface area contributed by atoms with Crippen LogP contribution in [0.5, 0.6) is 0 Å². The van der Waals surface area contributed by atoms with Gasteiger partial charge in [0.25, 0.3) is 0 Å². The maximum atomic E-state index is 9.77. The van der Waals surface area contributed by atoms with Crippen molar-refractivity contribution in [2.75, 3.05) is 0 Å². The Morgan fingerprint density at radius 1 is 0.750 bits per heavy atom. The summed E-state index contributed by atoms with van der Waals surface area (Å²) < 4.78 is 0. The van der Waals surface area contributed by atoms with Gasteiger partial charge in [0, 0.05) is 0 Å². The Balaban J connectivity index is -0.0000000145. The summed E-state index contributed by atoms with van der Waals surface area (Å²) in [7, 11) is 0. The number of carboxylic acids is 2. The Hall–Kier alpha value is -0.574. The molecule has 0 spiro atoms. The van der Waals surface area contributed by atoms with Crippen LogP contribution in [0, 0.1) is 0 Å². The molecule has 0 saturated carbocycles. The third kappa shape index (κ3) is 15.9. The van der Waals surface area contributed by atoms with Crippen molar-refractivity contribution in [3.63, 3.8) is 0 Å². The molecule has 0 heterocycles. The van der Waals surface area contributed by atoms with Crippen LogP contribution in [0.4, 0.5) is 0 Å². The van der Waals surface area contributed by atoms with Gasteiger partial charge in [0.2, 0.25) is 0 Å². The first-order valence-corrected chi connectivity index (χ1v) is 2.28. The summed E-state index contributed by atoms with van der Waals surface area (Å²) in [5, 5.41) is 32.5. The summed E-state index contributed by atoms with van der Waals surface area (Å²) in [6, 6.07) is 0. The molecule has 0 saturated heterocycles. The second kappa shape index (κ2) is 19.9. The van der Waals surface area contributed by atoms with Crippen LogP contribution in [0.15, 0.2) is 0 Å². The largest absolute Gasteiger partial charge is 2.00 e. The van der Waals surface area contributed by atoms with E-state index in [2.05, 4.69) is 0 Å². The number of aliphatic hydroxyl groups is 2. The van der Waals surface area contributed by atoms with E-state index in [0.29, 0.717) is 0 Å². The average Bonchev–Trinajstić information content (AvgIpc) is 1.84. The standard InChI is InChI=1S/C4H6O6.Mg.5H2O.2H/c5-1(3(7)8)2(6)4(9)10;;;;;;;;/h1-2,5-6H,(H,7,8)(H,9,10);;5*1H2;;/q;+2;;;;;;2*-1. The van der Waals surface area contributed by atoms with Gasteiger partial charge in [0.1, 0.15) is 0 Å². The molecule has 0 bridgehead atoms. The first kappa shape index (κ1) is 45.2. The van der Waals surface area contributed by atoms with E-state index in [4.69, 9.17) is 20.4 Å². The number of carbonyl (C=O) groups is 2. The summed E-state index contributed by atoms with van der Waals surface area (Å²) in [6.07, 6.45) is -4.53. The normalized spacial score (nSPS) is 9.88. The van der Waals surface area contributed by atoms with Gasteiger partial charge >= 0.3 is 35.0 Å². The predicted octanol–water partition coefficient (Wildman–Crippen LogP) is -6.40. The van der Waals surface area contributed by atoms with E-state index in [1.165, 1.54) is 0 Å². The zero-order valence-electron chi connectivity index (χ0n) is 9.97. The van der Waals surface area contributed by atoms with Crippen molar-refractivity contribution in [2.45, 2.75) is 12.2 Å². The summed E-state index contributed by atoms with van der Waals surface area (Å²) in [5.41, 5.74) is 0. The molecule has 0 amide bonds. The van der Waals surface area contributed by atoms with E-state index in [0.717, 1.165) is 0 Å². The predicted molar refractivity (Wildman–Crippen MR) is 53.3 cm³/mol. The zero-order valence-corrected chi connectivity index (χ0v) is 9.38. The maximum Gasteiger partial charge on any atom is 2.00 e. The molecule has 14 N–H and O–H groups in total. The van der Waals surface area contributed by atoms with Gasteiger partial charge in [0.05, 0.1) is 0 Å². The molecule has 0 aliphatic carbocycles. The fraction of sp³-hybridized carbons (Fsp3) is 0.500. The average molecular weight is 266 g/mol. The van der Waals surface area contributed by atoms with Gasteiger partial charge in [-0.15, -0.1) is 0 Å². The summed E-state index contributed by atoms with van der Waals surface area (Å²) in [5.74, 6) is -3.54. The molecule has 0 aromatic carbocycles. The number of rotatable bonds is 3. The van der Waals surface area contributed by atoms with Gasteiger partial charge in [-0.3, -0.25) is 0 Å². The van der Waals surface area contributed by atoms with Gasteiger partial charge in [0.15, 0.2) is 12.2 Å². The van der Waals surface area contributed by atoms with Gasteiger partial charge in [-0.1, -0.05) is 0 Å². The molecule has 2 unspecified atom stereocenters. The third-order valence-corrected chi connectivity index (χ3v) is 0.805. The van der Waals surface area contributed by atoms with Crippen molar-refractivity contribution >= 4 is 35.0 Å². The first-order chi connectivity index (χ1) is 4.46. The van der Waals surface area contributed by atoms with Crippen molar-refractivity contribution < 1.29 is 60.2 Å². The monoisotopic (exact) mass is 266 g/mol. The molecule has 0 rings (SSSR count). The first-order valence-electron chi connectivity index (χ1n) is 2.28. The smallest absolute Gasteiger partial charge is 1.00 e. The fourth-order valence-electron chi connectivity index (χ4n) is 0.270. The quantitative estimate of drug-likeness (QED) is 0.360. The molecule has 0 aromatic rings. The van der Waals surface area contributed by atoms with Crippen LogP contribution >= 0.6 is 0 Å². The van der Waals surface area contributed by atoms with Crippen molar-refractivity contribution in [2.24, 2.45) is 0 Å². The number of carboxylic acid groups (broad SMARTS) is 2. The summed E-state index contributed by atoms with van der Waals surface area (Å²) in [4.78, 5) is 19.5. The minimum absolute atomic E-state index is 0. The Kier molecular flexibility index (Phi) is 56.3. The minimum Gasteiger partial charge on any atom is -1.00 e. The third-order valence-electron chi connectivity index (χ3n) is 0.805. The Labute approximate surface area is 108 Å². The van der Waals surface area contributed by atoms with E-state index < -0.39 is 24.1 Å². The second-order valence-electron chi connectivity index (χ2n) is 1.57. The number of hydrogen-bond acceptors (Lipinski definition) is 4. The molecular formula is C4H18MgO11. The van der Waals surface area contributed by atoms with Crippen molar-refractivity contribution in [1.29, 1.82) is 0 Å². The van der Waals surface area contributed by atoms with E-state index in [1.807, 2.05) is 0 Å². The summed E-state index contributed by atoms with van der Waals surface area (Å²) in [6.45, 7) is 0. The second-order valence-corrected chi connectivity index (χ2v) is 1.57. The molecule has 11 nitrogen and oxygen atoms in total. The van der Waals surface area contributed by atoms with E-state index >= 15 is 0 Å². The van der Waals surface area contributed by atoms with Crippen LogP contribution in [0.25, 0.3) is 0 Å². The van der Waals surface area contributed by atoms with Crippen LogP contribution in [0.1, 0.15) is 2.85 Å². The number of hydrogen-bond donors (Lipinski definition) is 4. The van der Waals surface area contributed by atoms with Gasteiger partial charge in [-0.25, -0.2) is 9.59 Å². The molecule has 16 heavy (non-hydrogen) atoms. The molecule has 12 heteroatoms. The molecule has 0 aliphatic rings. The van der Waals surface area contributed by atoms with Crippen LogP contribution in [0.2, 0.25) is 0 Å². The molecule has 0 radical (unpaired) electrons. The van der Waals surface area contributed by atoms with Crippen molar-refractivity contribution in [3.05, 3.63) is 0 Å². The van der Waals surface area contributed by atoms with Crippen LogP contribution in [-0.4, -0.2) is 95.0 Å². The number of aliphatic carboxylic acids is 2. The van der Waals surface area contributed by atoms with Crippen LogP contribution in [-0.2, 0) is 9.59 Å². The zero-order chi connectivity index (χ0) is 8.31. The molecule has 102 valence electrons. The Morgan fingerprint density at radius 3 is 0.938 bits per heavy atom. The summed E-state index contributed by atoms with van der Waals surface area (Å²) >= 11 is 0. The van der Waals surface area contributed by atoms with Gasteiger partial charge < -0.3 is 50.7 Å². The molecular weight excluding hydrogens is 248 g/mol. The molecule has 2 atom stereocenters. The van der Waals surface area contributed by atoms with Crippen LogP contribution < -0.4 is 0 Å². The molecule has 0 fully saturated rings. The van der Waals surface area contributed by atoms with E-state index in [-0.39, 0.29) is 53.3 Å². The topological polar surface area (TPSA) is 273 Å². The van der Waals surface area contributed by atoms with Gasteiger partial charge in [-0.05, 0) is 0 Å². The maximum absolute atomic E-state index is 9.77. The van der Waals surface area contributed by atoms with Gasteiger partial charge in [-0.2, -0.15) is 0 Å². The molecule has 0 aliphatic heterocycles. The SMILES string of the molecule is O.O.O.O.O.O=C(O)C(O)C(O)C(=O)O.[H-].[H-].[Mg+2]. The fourth-order valence-corrected chi connectivity index (χ4v) is 0.270. The van der Waals surface area contributed by atoms with E-state index in [9.17, 15) is 9.59 Å². The molecule has 0 aromatic heterocycles. The Bertz CT molecular complexity index is 151.